The van der Waals surface area contributed by atoms with Gasteiger partial charge in [0.25, 0.3) is 0 Å². The van der Waals surface area contributed by atoms with Crippen LogP contribution in [0.3, 0.4) is 0 Å². The van der Waals surface area contributed by atoms with Crippen LogP contribution in [0.4, 0.5) is 0 Å². The van der Waals surface area contributed by atoms with Gasteiger partial charge in [-0.25, -0.2) is 0 Å². The van der Waals surface area contributed by atoms with Crippen LogP contribution in [0, 0.1) is 0 Å². The second-order valence-electron chi connectivity index (χ2n) is 6.11. The largest absolute Gasteiger partial charge is 0.354 e. The Labute approximate surface area is 142 Å². The number of hydrogen-bond donors (Lipinski definition) is 2. The van der Waals surface area contributed by atoms with Gasteiger partial charge in [-0.05, 0) is 24.0 Å². The number of hydrogen-bond acceptors (Lipinski definition) is 2. The fourth-order valence-electron chi connectivity index (χ4n) is 3.17. The van der Waals surface area contributed by atoms with Gasteiger partial charge in [-0.2, -0.15) is 0 Å². The van der Waals surface area contributed by atoms with Crippen LogP contribution in [-0.2, 0) is 9.59 Å². The lowest BCUT2D eigenvalue weighted by Crippen LogP contribution is -2.42. The quantitative estimate of drug-likeness (QED) is 0.859. The standard InChI is InChI=1S/C20H22N2O2/c23-19-12-11-18(22-19)20(24)21-14-13-17(15-7-3-1-4-8-15)16-9-5-2-6-10-16/h1-10,17-18H,11-14H2,(H,21,24)(H,22,23)/t18-/m1/s1. The molecule has 1 atom stereocenters. The third kappa shape index (κ3) is 4.02. The minimum atomic E-state index is -0.371. The van der Waals surface area contributed by atoms with Gasteiger partial charge in [0, 0.05) is 18.9 Å². The van der Waals surface area contributed by atoms with Crippen LogP contribution >= 0.6 is 0 Å². The Hall–Kier alpha value is -2.62. The molecule has 2 aromatic carbocycles. The number of rotatable bonds is 6. The maximum Gasteiger partial charge on any atom is 0.242 e. The molecule has 0 spiro atoms. The van der Waals surface area contributed by atoms with E-state index in [1.54, 1.807) is 0 Å². The van der Waals surface area contributed by atoms with Crippen molar-refractivity contribution in [1.29, 1.82) is 0 Å². The summed E-state index contributed by atoms with van der Waals surface area (Å²) >= 11 is 0. The predicted octanol–water partition coefficient (Wildman–Crippen LogP) is 2.60. The van der Waals surface area contributed by atoms with Crippen LogP contribution < -0.4 is 10.6 Å². The van der Waals surface area contributed by atoms with E-state index in [1.165, 1.54) is 11.1 Å². The average molecular weight is 322 g/mol. The maximum absolute atomic E-state index is 12.1. The second kappa shape index (κ2) is 7.77. The van der Waals surface area contributed by atoms with Crippen molar-refractivity contribution in [3.05, 3.63) is 71.8 Å². The van der Waals surface area contributed by atoms with Crippen molar-refractivity contribution in [3.63, 3.8) is 0 Å². The highest BCUT2D eigenvalue weighted by Gasteiger charge is 2.27. The van der Waals surface area contributed by atoms with Gasteiger partial charge < -0.3 is 10.6 Å². The molecule has 1 aliphatic heterocycles. The maximum atomic E-state index is 12.1. The van der Waals surface area contributed by atoms with Gasteiger partial charge in [0.05, 0.1) is 0 Å². The Bertz CT molecular complexity index is 646. The van der Waals surface area contributed by atoms with Gasteiger partial charge in [-0.3, -0.25) is 9.59 Å². The van der Waals surface area contributed by atoms with Gasteiger partial charge in [0.1, 0.15) is 6.04 Å². The number of nitrogens with one attached hydrogen (secondary N) is 2. The molecule has 124 valence electrons. The Morgan fingerprint density at radius 3 is 2.12 bits per heavy atom. The Kier molecular flexibility index (Phi) is 5.26. The highest BCUT2D eigenvalue weighted by molar-refractivity contribution is 5.90. The zero-order valence-corrected chi connectivity index (χ0v) is 13.6. The molecule has 1 aliphatic rings. The second-order valence-corrected chi connectivity index (χ2v) is 6.11. The molecule has 2 N–H and O–H groups in total. The summed E-state index contributed by atoms with van der Waals surface area (Å²) in [4.78, 5) is 23.3. The highest BCUT2D eigenvalue weighted by atomic mass is 16.2. The van der Waals surface area contributed by atoms with Crippen LogP contribution in [0.1, 0.15) is 36.3 Å². The molecular weight excluding hydrogens is 300 g/mol. The van der Waals surface area contributed by atoms with Crippen LogP contribution in [0.25, 0.3) is 0 Å². The van der Waals surface area contributed by atoms with E-state index in [1.807, 2.05) is 36.4 Å². The molecule has 0 radical (unpaired) electrons. The summed E-state index contributed by atoms with van der Waals surface area (Å²) in [5.74, 6) is 0.119. The molecule has 2 amide bonds. The fraction of sp³-hybridized carbons (Fsp3) is 0.300. The van der Waals surface area contributed by atoms with Gasteiger partial charge in [-0.1, -0.05) is 60.7 Å². The van der Waals surface area contributed by atoms with Crippen molar-refractivity contribution in [2.24, 2.45) is 0 Å². The summed E-state index contributed by atoms with van der Waals surface area (Å²) in [7, 11) is 0. The van der Waals surface area contributed by atoms with E-state index in [4.69, 9.17) is 0 Å². The number of amides is 2. The first-order valence-corrected chi connectivity index (χ1v) is 8.41. The van der Waals surface area contributed by atoms with E-state index < -0.39 is 0 Å². The predicted molar refractivity (Wildman–Crippen MR) is 93.5 cm³/mol. The minimum absolute atomic E-state index is 0.0402. The average Bonchev–Trinajstić information content (AvgIpc) is 3.07. The van der Waals surface area contributed by atoms with Crippen molar-refractivity contribution in [1.82, 2.24) is 10.6 Å². The molecule has 4 nitrogen and oxygen atoms in total. The monoisotopic (exact) mass is 322 g/mol. The van der Waals surface area contributed by atoms with Gasteiger partial charge in [0.15, 0.2) is 0 Å². The molecule has 1 heterocycles. The SMILES string of the molecule is O=C1CC[C@H](C(=O)NCCC(c2ccccc2)c2ccccc2)N1. The Morgan fingerprint density at radius 1 is 1.04 bits per heavy atom. The Balaban J connectivity index is 1.63. The first-order chi connectivity index (χ1) is 11.7. The molecule has 0 aromatic heterocycles. The van der Waals surface area contributed by atoms with Crippen molar-refractivity contribution in [2.45, 2.75) is 31.2 Å². The molecular formula is C20H22N2O2. The van der Waals surface area contributed by atoms with Crippen molar-refractivity contribution < 1.29 is 9.59 Å². The summed E-state index contributed by atoms with van der Waals surface area (Å²) in [5, 5.41) is 5.67. The molecule has 2 aromatic rings. The van der Waals surface area contributed by atoms with E-state index in [9.17, 15) is 9.59 Å². The molecule has 1 fully saturated rings. The lowest BCUT2D eigenvalue weighted by Gasteiger charge is -2.19. The van der Waals surface area contributed by atoms with Crippen molar-refractivity contribution in [2.75, 3.05) is 6.54 Å². The summed E-state index contributed by atoms with van der Waals surface area (Å²) < 4.78 is 0. The summed E-state index contributed by atoms with van der Waals surface area (Å²) in [6.07, 6.45) is 1.85. The number of carbonyl (C=O) groups is 2. The molecule has 0 saturated carbocycles. The molecule has 0 bridgehead atoms. The van der Waals surface area contributed by atoms with E-state index in [0.29, 0.717) is 19.4 Å². The normalized spacial score (nSPS) is 16.9. The summed E-state index contributed by atoms with van der Waals surface area (Å²) in [6, 6.07) is 20.3. The molecule has 3 rings (SSSR count). The Morgan fingerprint density at radius 2 is 1.62 bits per heavy atom. The lowest BCUT2D eigenvalue weighted by molar-refractivity contribution is -0.125. The van der Waals surface area contributed by atoms with Crippen LogP contribution in [0.15, 0.2) is 60.7 Å². The summed E-state index contributed by atoms with van der Waals surface area (Å²) in [5.41, 5.74) is 2.49. The zero-order valence-electron chi connectivity index (χ0n) is 13.6. The van der Waals surface area contributed by atoms with E-state index in [2.05, 4.69) is 34.9 Å². The molecule has 4 heteroatoms. The molecule has 0 unspecified atom stereocenters. The molecule has 24 heavy (non-hydrogen) atoms. The highest BCUT2D eigenvalue weighted by Crippen LogP contribution is 2.27. The lowest BCUT2D eigenvalue weighted by atomic mass is 9.88. The number of carbonyl (C=O) groups excluding carboxylic acids is 2. The van der Waals surface area contributed by atoms with Crippen LogP contribution in [0.5, 0.6) is 0 Å². The van der Waals surface area contributed by atoms with E-state index >= 15 is 0 Å². The molecule has 0 aliphatic carbocycles. The summed E-state index contributed by atoms with van der Waals surface area (Å²) in [6.45, 7) is 0.583. The first-order valence-electron chi connectivity index (χ1n) is 8.41. The van der Waals surface area contributed by atoms with E-state index in [0.717, 1.165) is 6.42 Å². The van der Waals surface area contributed by atoms with Gasteiger partial charge in [-0.15, -0.1) is 0 Å². The van der Waals surface area contributed by atoms with E-state index in [-0.39, 0.29) is 23.8 Å². The van der Waals surface area contributed by atoms with Gasteiger partial charge in [0.2, 0.25) is 11.8 Å². The van der Waals surface area contributed by atoms with Crippen LogP contribution in [-0.4, -0.2) is 24.4 Å². The first kappa shape index (κ1) is 16.2. The fourth-order valence-corrected chi connectivity index (χ4v) is 3.17. The third-order valence-electron chi connectivity index (χ3n) is 4.45. The van der Waals surface area contributed by atoms with Crippen molar-refractivity contribution in [3.8, 4) is 0 Å². The van der Waals surface area contributed by atoms with Gasteiger partial charge >= 0.3 is 0 Å². The minimum Gasteiger partial charge on any atom is -0.354 e. The molecule has 1 saturated heterocycles. The van der Waals surface area contributed by atoms with Crippen LogP contribution in [0.2, 0.25) is 0 Å². The topological polar surface area (TPSA) is 58.2 Å². The number of benzene rings is 2. The third-order valence-corrected chi connectivity index (χ3v) is 4.45. The smallest absolute Gasteiger partial charge is 0.242 e. The zero-order chi connectivity index (χ0) is 16.8. The van der Waals surface area contributed by atoms with Crippen molar-refractivity contribution >= 4 is 11.8 Å².